The molecule has 0 bridgehead atoms. The van der Waals surface area contributed by atoms with E-state index in [0.29, 0.717) is 18.5 Å². The van der Waals surface area contributed by atoms with Crippen molar-refractivity contribution in [3.63, 3.8) is 0 Å². The Morgan fingerprint density at radius 2 is 1.75 bits per heavy atom. The van der Waals surface area contributed by atoms with Crippen LogP contribution < -0.4 is 5.32 Å². The number of carbonyl (C=O) groups is 1. The number of fused-ring (bicyclic) bond motifs is 1. The van der Waals surface area contributed by atoms with E-state index in [1.54, 1.807) is 0 Å². The molecule has 4 heteroatoms. The number of nitrogens with zero attached hydrogens (tertiary/aromatic N) is 2. The summed E-state index contributed by atoms with van der Waals surface area (Å²) in [6.45, 7) is 3.30. The van der Waals surface area contributed by atoms with Gasteiger partial charge < -0.3 is 9.88 Å². The third-order valence-electron chi connectivity index (χ3n) is 4.83. The lowest BCUT2D eigenvalue weighted by Gasteiger charge is -2.10. The second-order valence-corrected chi connectivity index (χ2v) is 6.96. The molecule has 0 aliphatic rings. The van der Waals surface area contributed by atoms with Gasteiger partial charge in [-0.05, 0) is 36.8 Å². The first-order valence-corrected chi connectivity index (χ1v) is 9.53. The summed E-state index contributed by atoms with van der Waals surface area (Å²) in [6, 6.07) is 26.2. The predicted molar refractivity (Wildman–Crippen MR) is 112 cm³/mol. The van der Waals surface area contributed by atoms with Gasteiger partial charge in [0.15, 0.2) is 0 Å². The smallest absolute Gasteiger partial charge is 0.251 e. The molecule has 1 aromatic heterocycles. The number of hydrogen-bond acceptors (Lipinski definition) is 2. The Morgan fingerprint density at radius 3 is 2.57 bits per heavy atom. The lowest BCUT2D eigenvalue weighted by Crippen LogP contribution is -2.26. The zero-order chi connectivity index (χ0) is 19.3. The third-order valence-corrected chi connectivity index (χ3v) is 4.83. The predicted octanol–water partition coefficient (Wildman–Crippen LogP) is 4.37. The first-order chi connectivity index (χ1) is 13.7. The van der Waals surface area contributed by atoms with Crippen LogP contribution in [0.2, 0.25) is 0 Å². The molecule has 4 aromatic rings. The summed E-state index contributed by atoms with van der Waals surface area (Å²) >= 11 is 0. The maximum atomic E-state index is 12.4. The summed E-state index contributed by atoms with van der Waals surface area (Å²) in [4.78, 5) is 17.2. The molecule has 1 heterocycles. The van der Waals surface area contributed by atoms with Crippen molar-refractivity contribution in [3.05, 3.63) is 101 Å². The van der Waals surface area contributed by atoms with Gasteiger partial charge in [-0.3, -0.25) is 4.79 Å². The van der Waals surface area contributed by atoms with Crippen LogP contribution in [0.25, 0.3) is 11.0 Å². The molecule has 3 aromatic carbocycles. The van der Waals surface area contributed by atoms with Gasteiger partial charge in [0.25, 0.3) is 5.91 Å². The van der Waals surface area contributed by atoms with Crippen LogP contribution in [-0.2, 0) is 13.0 Å². The van der Waals surface area contributed by atoms with Crippen molar-refractivity contribution in [2.75, 3.05) is 6.54 Å². The average Bonchev–Trinajstić information content (AvgIpc) is 3.06. The highest BCUT2D eigenvalue weighted by Gasteiger charge is 2.12. The highest BCUT2D eigenvalue weighted by Crippen LogP contribution is 2.18. The maximum absolute atomic E-state index is 12.4. The van der Waals surface area contributed by atoms with Gasteiger partial charge in [0.05, 0.1) is 11.0 Å². The maximum Gasteiger partial charge on any atom is 0.251 e. The Morgan fingerprint density at radius 1 is 0.964 bits per heavy atom. The second kappa shape index (κ2) is 8.09. The van der Waals surface area contributed by atoms with Crippen molar-refractivity contribution in [2.24, 2.45) is 0 Å². The van der Waals surface area contributed by atoms with E-state index in [9.17, 15) is 4.79 Å². The minimum Gasteiger partial charge on any atom is -0.352 e. The molecule has 4 rings (SSSR count). The standard InChI is InChI=1S/C24H23N3O/c1-18-8-7-11-20(16-18)24(28)25-15-14-23-26-21-12-5-6-13-22(21)27(23)17-19-9-3-2-4-10-19/h2-13,16H,14-15,17H2,1H3,(H,25,28). The molecule has 1 amide bonds. The summed E-state index contributed by atoms with van der Waals surface area (Å²) in [5, 5.41) is 3.02. The zero-order valence-electron chi connectivity index (χ0n) is 15.9. The molecule has 0 saturated carbocycles. The Hall–Kier alpha value is -3.40. The number of rotatable bonds is 6. The summed E-state index contributed by atoms with van der Waals surface area (Å²) in [5.74, 6) is 0.934. The number of amides is 1. The molecule has 0 spiro atoms. The van der Waals surface area contributed by atoms with Gasteiger partial charge in [0.2, 0.25) is 0 Å². The molecule has 0 radical (unpaired) electrons. The number of nitrogens with one attached hydrogen (secondary N) is 1. The molecule has 0 atom stereocenters. The van der Waals surface area contributed by atoms with Crippen LogP contribution >= 0.6 is 0 Å². The van der Waals surface area contributed by atoms with E-state index >= 15 is 0 Å². The molecule has 0 unspecified atom stereocenters. The largest absolute Gasteiger partial charge is 0.352 e. The van der Waals surface area contributed by atoms with Crippen LogP contribution in [0.4, 0.5) is 0 Å². The van der Waals surface area contributed by atoms with Crippen molar-refractivity contribution in [2.45, 2.75) is 19.9 Å². The molecular formula is C24H23N3O. The van der Waals surface area contributed by atoms with Crippen molar-refractivity contribution in [1.29, 1.82) is 0 Å². The van der Waals surface area contributed by atoms with Crippen LogP contribution in [0.15, 0.2) is 78.9 Å². The molecule has 140 valence electrons. The van der Waals surface area contributed by atoms with E-state index in [4.69, 9.17) is 4.98 Å². The van der Waals surface area contributed by atoms with Gasteiger partial charge >= 0.3 is 0 Å². The Balaban J connectivity index is 1.51. The quantitative estimate of drug-likeness (QED) is 0.549. The normalized spacial score (nSPS) is 10.9. The summed E-state index contributed by atoms with van der Waals surface area (Å²) < 4.78 is 2.24. The van der Waals surface area contributed by atoms with Gasteiger partial charge in [-0.2, -0.15) is 0 Å². The van der Waals surface area contributed by atoms with E-state index in [2.05, 4.69) is 40.2 Å². The minimum absolute atomic E-state index is 0.0468. The van der Waals surface area contributed by atoms with Gasteiger partial charge in [0, 0.05) is 25.1 Å². The van der Waals surface area contributed by atoms with Crippen LogP contribution in [0.1, 0.15) is 27.3 Å². The van der Waals surface area contributed by atoms with Crippen LogP contribution in [0, 0.1) is 6.92 Å². The number of benzene rings is 3. The Labute approximate surface area is 164 Å². The summed E-state index contributed by atoms with van der Waals surface area (Å²) in [6.07, 6.45) is 0.680. The first-order valence-electron chi connectivity index (χ1n) is 9.53. The van der Waals surface area contributed by atoms with E-state index in [1.165, 1.54) is 5.56 Å². The second-order valence-electron chi connectivity index (χ2n) is 6.96. The lowest BCUT2D eigenvalue weighted by atomic mass is 10.1. The van der Waals surface area contributed by atoms with Gasteiger partial charge in [-0.15, -0.1) is 0 Å². The van der Waals surface area contributed by atoms with Crippen molar-refractivity contribution >= 4 is 16.9 Å². The highest BCUT2D eigenvalue weighted by molar-refractivity contribution is 5.94. The Bertz CT molecular complexity index is 1100. The van der Waals surface area contributed by atoms with E-state index < -0.39 is 0 Å². The number of imidazole rings is 1. The van der Waals surface area contributed by atoms with E-state index in [0.717, 1.165) is 29.0 Å². The van der Waals surface area contributed by atoms with E-state index in [-0.39, 0.29) is 5.91 Å². The first kappa shape index (κ1) is 18.0. The van der Waals surface area contributed by atoms with Crippen LogP contribution in [-0.4, -0.2) is 22.0 Å². The topological polar surface area (TPSA) is 46.9 Å². The zero-order valence-corrected chi connectivity index (χ0v) is 15.9. The number of para-hydroxylation sites is 2. The van der Waals surface area contributed by atoms with Crippen molar-refractivity contribution < 1.29 is 4.79 Å². The molecule has 28 heavy (non-hydrogen) atoms. The van der Waals surface area contributed by atoms with E-state index in [1.807, 2.05) is 55.5 Å². The van der Waals surface area contributed by atoms with Gasteiger partial charge in [0.1, 0.15) is 5.82 Å². The Kier molecular flexibility index (Phi) is 5.20. The molecule has 4 nitrogen and oxygen atoms in total. The SMILES string of the molecule is Cc1cccc(C(=O)NCCc2nc3ccccc3n2Cc2ccccc2)c1. The van der Waals surface area contributed by atoms with Gasteiger partial charge in [-0.1, -0.05) is 60.2 Å². The van der Waals surface area contributed by atoms with Gasteiger partial charge in [-0.25, -0.2) is 4.98 Å². The molecule has 0 fully saturated rings. The molecular weight excluding hydrogens is 346 g/mol. The van der Waals surface area contributed by atoms with Crippen molar-refractivity contribution in [1.82, 2.24) is 14.9 Å². The average molecular weight is 369 g/mol. The summed E-state index contributed by atoms with van der Waals surface area (Å²) in [5.41, 5.74) is 5.11. The summed E-state index contributed by atoms with van der Waals surface area (Å²) in [7, 11) is 0. The van der Waals surface area contributed by atoms with Crippen LogP contribution in [0.5, 0.6) is 0 Å². The number of carbonyl (C=O) groups excluding carboxylic acids is 1. The minimum atomic E-state index is -0.0468. The molecule has 1 N–H and O–H groups in total. The third kappa shape index (κ3) is 3.96. The molecule has 0 aliphatic carbocycles. The fourth-order valence-electron chi connectivity index (χ4n) is 3.43. The molecule has 0 saturated heterocycles. The number of aryl methyl sites for hydroxylation is 1. The number of hydrogen-bond donors (Lipinski definition) is 1. The highest BCUT2D eigenvalue weighted by atomic mass is 16.1. The fourth-order valence-corrected chi connectivity index (χ4v) is 3.43. The molecule has 0 aliphatic heterocycles. The van der Waals surface area contributed by atoms with Crippen LogP contribution in [0.3, 0.4) is 0 Å². The number of aromatic nitrogens is 2. The fraction of sp³-hybridized carbons (Fsp3) is 0.167. The van der Waals surface area contributed by atoms with Crippen molar-refractivity contribution in [3.8, 4) is 0 Å². The lowest BCUT2D eigenvalue weighted by molar-refractivity contribution is 0.0954. The monoisotopic (exact) mass is 369 g/mol.